The summed E-state index contributed by atoms with van der Waals surface area (Å²) in [6, 6.07) is 7.81. The van der Waals surface area contributed by atoms with Crippen LogP contribution in [-0.2, 0) is 11.3 Å². The van der Waals surface area contributed by atoms with Crippen molar-refractivity contribution in [3.63, 3.8) is 0 Å². The van der Waals surface area contributed by atoms with E-state index < -0.39 is 0 Å². The van der Waals surface area contributed by atoms with Gasteiger partial charge in [-0.3, -0.25) is 4.90 Å². The molecule has 1 fully saturated rings. The average molecular weight is 242 g/mol. The van der Waals surface area contributed by atoms with Gasteiger partial charge in [-0.2, -0.15) is 0 Å². The highest BCUT2D eigenvalue weighted by Crippen LogP contribution is 2.12. The maximum atomic E-state index is 9.59. The van der Waals surface area contributed by atoms with Gasteiger partial charge in [0.2, 0.25) is 0 Å². The third-order valence-corrected chi connectivity index (χ3v) is 2.90. The Morgan fingerprint density at radius 2 is 2.12 bits per heavy atom. The van der Waals surface area contributed by atoms with E-state index in [2.05, 4.69) is 4.90 Å². The third-order valence-electron chi connectivity index (χ3n) is 2.65. The molecule has 0 aliphatic carbocycles. The predicted octanol–water partition coefficient (Wildman–Crippen LogP) is 1.53. The lowest BCUT2D eigenvalue weighted by Crippen LogP contribution is -2.32. The molecule has 0 saturated carbocycles. The molecule has 88 valence electrons. The van der Waals surface area contributed by atoms with E-state index in [0.717, 1.165) is 18.1 Å². The number of hydrogen-bond acceptors (Lipinski definition) is 3. The van der Waals surface area contributed by atoms with E-state index in [1.165, 1.54) is 5.56 Å². The van der Waals surface area contributed by atoms with Gasteiger partial charge in [-0.05, 0) is 17.7 Å². The Labute approximate surface area is 101 Å². The van der Waals surface area contributed by atoms with Crippen LogP contribution < -0.4 is 0 Å². The summed E-state index contributed by atoms with van der Waals surface area (Å²) in [5.74, 6) is 0. The molecule has 1 atom stereocenters. The molecular formula is C12H16ClNO2. The maximum Gasteiger partial charge on any atom is 0.0900 e. The maximum absolute atomic E-state index is 9.59. The lowest BCUT2D eigenvalue weighted by molar-refractivity contribution is 0.0562. The van der Waals surface area contributed by atoms with Gasteiger partial charge in [0.1, 0.15) is 0 Å². The number of rotatable bonds is 2. The van der Waals surface area contributed by atoms with Crippen LogP contribution in [0.4, 0.5) is 0 Å². The second kappa shape index (κ2) is 5.64. The number of β-amino-alcohol motifs (C(OH)–C–C–N with tert-alkyl or cyclic N) is 1. The van der Waals surface area contributed by atoms with Crippen molar-refractivity contribution in [2.45, 2.75) is 12.6 Å². The number of aliphatic hydroxyl groups is 1. The molecule has 3 nitrogen and oxygen atoms in total. The van der Waals surface area contributed by atoms with Gasteiger partial charge in [0.05, 0.1) is 19.3 Å². The van der Waals surface area contributed by atoms with Crippen molar-refractivity contribution in [2.24, 2.45) is 0 Å². The summed E-state index contributed by atoms with van der Waals surface area (Å²) in [5.41, 5.74) is 1.21. The number of aliphatic hydroxyl groups excluding tert-OH is 1. The normalized spacial score (nSPS) is 23.0. The van der Waals surface area contributed by atoms with Crippen molar-refractivity contribution in [3.05, 3.63) is 34.9 Å². The Bertz CT molecular complexity index is 328. The molecule has 4 heteroatoms. The first-order chi connectivity index (χ1) is 7.74. The molecular weight excluding hydrogens is 226 g/mol. The third kappa shape index (κ3) is 3.46. The van der Waals surface area contributed by atoms with E-state index in [9.17, 15) is 5.11 Å². The predicted molar refractivity (Wildman–Crippen MR) is 63.6 cm³/mol. The van der Waals surface area contributed by atoms with Gasteiger partial charge in [0, 0.05) is 24.7 Å². The molecule has 1 heterocycles. The highest BCUT2D eigenvalue weighted by atomic mass is 35.5. The fourth-order valence-electron chi connectivity index (χ4n) is 1.85. The van der Waals surface area contributed by atoms with Crippen molar-refractivity contribution >= 4 is 11.6 Å². The summed E-state index contributed by atoms with van der Waals surface area (Å²) in [6.45, 7) is 3.49. The summed E-state index contributed by atoms with van der Waals surface area (Å²) in [6.07, 6.45) is -0.380. The Balaban J connectivity index is 1.95. The first kappa shape index (κ1) is 11.9. The first-order valence-electron chi connectivity index (χ1n) is 5.46. The first-order valence-corrected chi connectivity index (χ1v) is 5.84. The molecule has 1 aliphatic rings. The van der Waals surface area contributed by atoms with Gasteiger partial charge in [0.25, 0.3) is 0 Å². The SMILES string of the molecule is O[C@H]1COCCN(Cc2ccc(Cl)cc2)C1. The molecule has 0 spiro atoms. The Morgan fingerprint density at radius 1 is 1.38 bits per heavy atom. The summed E-state index contributed by atoms with van der Waals surface area (Å²) in [5, 5.41) is 10.3. The van der Waals surface area contributed by atoms with Crippen molar-refractivity contribution < 1.29 is 9.84 Å². The zero-order valence-corrected chi connectivity index (χ0v) is 9.86. The molecule has 1 N–H and O–H groups in total. The lowest BCUT2D eigenvalue weighted by Gasteiger charge is -2.20. The van der Waals surface area contributed by atoms with E-state index in [1.807, 2.05) is 24.3 Å². The van der Waals surface area contributed by atoms with Crippen LogP contribution in [-0.4, -0.2) is 42.4 Å². The fraction of sp³-hybridized carbons (Fsp3) is 0.500. The summed E-state index contributed by atoms with van der Waals surface area (Å²) >= 11 is 5.83. The molecule has 0 radical (unpaired) electrons. The Morgan fingerprint density at radius 3 is 2.88 bits per heavy atom. The van der Waals surface area contributed by atoms with Crippen LogP contribution in [0.5, 0.6) is 0 Å². The minimum Gasteiger partial charge on any atom is -0.389 e. The Kier molecular flexibility index (Phi) is 4.18. The molecule has 16 heavy (non-hydrogen) atoms. The monoisotopic (exact) mass is 241 g/mol. The molecule has 1 aliphatic heterocycles. The quantitative estimate of drug-likeness (QED) is 0.853. The summed E-state index contributed by atoms with van der Waals surface area (Å²) in [7, 11) is 0. The largest absolute Gasteiger partial charge is 0.389 e. The molecule has 0 bridgehead atoms. The number of hydrogen-bond donors (Lipinski definition) is 1. The van der Waals surface area contributed by atoms with Gasteiger partial charge in [-0.25, -0.2) is 0 Å². The summed E-state index contributed by atoms with van der Waals surface area (Å²) < 4.78 is 5.28. The van der Waals surface area contributed by atoms with Crippen LogP contribution in [0.15, 0.2) is 24.3 Å². The van der Waals surface area contributed by atoms with Crippen molar-refractivity contribution in [3.8, 4) is 0 Å². The van der Waals surface area contributed by atoms with Gasteiger partial charge in [-0.15, -0.1) is 0 Å². The van der Waals surface area contributed by atoms with Gasteiger partial charge in [0.15, 0.2) is 0 Å². The van der Waals surface area contributed by atoms with Crippen LogP contribution in [0, 0.1) is 0 Å². The Hall–Kier alpha value is -0.610. The van der Waals surface area contributed by atoms with E-state index >= 15 is 0 Å². The van der Waals surface area contributed by atoms with Crippen LogP contribution in [0.1, 0.15) is 5.56 Å². The molecule has 1 aromatic carbocycles. The minimum atomic E-state index is -0.380. The van der Waals surface area contributed by atoms with Crippen molar-refractivity contribution in [2.75, 3.05) is 26.3 Å². The molecule has 2 rings (SSSR count). The van der Waals surface area contributed by atoms with Crippen LogP contribution in [0.25, 0.3) is 0 Å². The summed E-state index contributed by atoms with van der Waals surface area (Å²) in [4.78, 5) is 2.20. The molecule has 1 saturated heterocycles. The molecule has 0 aromatic heterocycles. The number of ether oxygens (including phenoxy) is 1. The highest BCUT2D eigenvalue weighted by Gasteiger charge is 2.16. The van der Waals surface area contributed by atoms with Crippen molar-refractivity contribution in [1.29, 1.82) is 0 Å². The number of halogens is 1. The van der Waals surface area contributed by atoms with Crippen LogP contribution in [0.3, 0.4) is 0 Å². The number of benzene rings is 1. The number of nitrogens with zero attached hydrogens (tertiary/aromatic N) is 1. The molecule has 1 aromatic rings. The van der Waals surface area contributed by atoms with Gasteiger partial charge >= 0.3 is 0 Å². The van der Waals surface area contributed by atoms with E-state index in [1.54, 1.807) is 0 Å². The second-order valence-corrected chi connectivity index (χ2v) is 4.53. The van der Waals surface area contributed by atoms with Gasteiger partial charge < -0.3 is 9.84 Å². The zero-order chi connectivity index (χ0) is 11.4. The van der Waals surface area contributed by atoms with Crippen molar-refractivity contribution in [1.82, 2.24) is 4.90 Å². The fourth-order valence-corrected chi connectivity index (χ4v) is 1.97. The topological polar surface area (TPSA) is 32.7 Å². The van der Waals surface area contributed by atoms with E-state index in [4.69, 9.17) is 16.3 Å². The van der Waals surface area contributed by atoms with Gasteiger partial charge in [-0.1, -0.05) is 23.7 Å². The van der Waals surface area contributed by atoms with E-state index in [0.29, 0.717) is 19.8 Å². The van der Waals surface area contributed by atoms with Crippen LogP contribution in [0.2, 0.25) is 5.02 Å². The molecule has 0 unspecified atom stereocenters. The van der Waals surface area contributed by atoms with Crippen LogP contribution >= 0.6 is 11.6 Å². The average Bonchev–Trinajstić information content (AvgIpc) is 2.46. The minimum absolute atomic E-state index is 0.380. The second-order valence-electron chi connectivity index (χ2n) is 4.09. The lowest BCUT2D eigenvalue weighted by atomic mass is 10.2. The van der Waals surface area contributed by atoms with E-state index in [-0.39, 0.29) is 6.10 Å². The standard InChI is InChI=1S/C12H16ClNO2/c13-11-3-1-10(2-4-11)7-14-5-6-16-9-12(15)8-14/h1-4,12,15H,5-9H2/t12-/m1/s1. The molecule has 0 amide bonds. The highest BCUT2D eigenvalue weighted by molar-refractivity contribution is 6.30. The smallest absolute Gasteiger partial charge is 0.0900 e. The zero-order valence-electron chi connectivity index (χ0n) is 9.10.